The molecule has 1 aliphatic heterocycles. The molecule has 0 bridgehead atoms. The first kappa shape index (κ1) is 46.9. The predicted molar refractivity (Wildman–Crippen MR) is 210 cm³/mol. The number of nitrogens with one attached hydrogen (secondary N) is 2. The van der Waals surface area contributed by atoms with Gasteiger partial charge in [-0.05, 0) is 49.9 Å². The zero-order chi connectivity index (χ0) is 41.6. The lowest BCUT2D eigenvalue weighted by Crippen LogP contribution is -2.60. The highest BCUT2D eigenvalue weighted by Crippen LogP contribution is 2.30. The van der Waals surface area contributed by atoms with Gasteiger partial charge in [0.25, 0.3) is 0 Å². The van der Waals surface area contributed by atoms with Crippen LogP contribution in [0.25, 0.3) is 10.4 Å². The van der Waals surface area contributed by atoms with Crippen LogP contribution < -0.4 is 16.4 Å². The number of carbonyl (C=O) groups excluding carboxylic acids is 5. The molecular weight excluding hydrogens is 706 g/mol. The maximum Gasteiger partial charge on any atom is 0.245 e. The number of ether oxygens (including phenoxy) is 2. The Kier molecular flexibility index (Phi) is 19.1. The summed E-state index contributed by atoms with van der Waals surface area (Å²) in [4.78, 5) is 75.7. The Morgan fingerprint density at radius 3 is 2.15 bits per heavy atom. The van der Waals surface area contributed by atoms with Gasteiger partial charge in [-0.3, -0.25) is 28.9 Å². The number of nitrogens with two attached hydrogens (primary N) is 1. The van der Waals surface area contributed by atoms with Crippen molar-refractivity contribution >= 4 is 29.5 Å². The van der Waals surface area contributed by atoms with Gasteiger partial charge >= 0.3 is 0 Å². The Hall–Kier alpha value is -4.24. The van der Waals surface area contributed by atoms with Gasteiger partial charge in [0.2, 0.25) is 29.5 Å². The Morgan fingerprint density at radius 2 is 1.64 bits per heavy atom. The van der Waals surface area contributed by atoms with Crippen LogP contribution in [0.1, 0.15) is 72.8 Å². The molecule has 1 heterocycles. The van der Waals surface area contributed by atoms with E-state index < -0.39 is 72.1 Å². The van der Waals surface area contributed by atoms with Crippen LogP contribution in [0, 0.1) is 17.8 Å². The van der Waals surface area contributed by atoms with Crippen LogP contribution in [0.2, 0.25) is 0 Å². The van der Waals surface area contributed by atoms with Crippen molar-refractivity contribution in [2.75, 3.05) is 41.9 Å². The summed E-state index contributed by atoms with van der Waals surface area (Å²) in [6.45, 7) is 11.5. The first-order chi connectivity index (χ1) is 25.9. The van der Waals surface area contributed by atoms with Crippen molar-refractivity contribution in [3.05, 3.63) is 46.3 Å². The molecule has 16 heteroatoms. The Bertz CT molecular complexity index is 1460. The molecule has 16 nitrogen and oxygen atoms in total. The van der Waals surface area contributed by atoms with Crippen LogP contribution in [-0.4, -0.2) is 135 Å². The average Bonchev–Trinajstić information content (AvgIpc) is 3.62. The molecule has 1 aliphatic rings. The second-order valence-corrected chi connectivity index (χ2v) is 15.3. The van der Waals surface area contributed by atoms with Gasteiger partial charge in [-0.15, -0.1) is 0 Å². The lowest BCUT2D eigenvalue weighted by Gasteiger charge is -2.41. The highest BCUT2D eigenvalue weighted by atomic mass is 16.5. The molecule has 55 heavy (non-hydrogen) atoms. The SMILES string of the molecule is CC[C@H](C)[C@@H]([C@@H](CC(=O)N1CCC[C@H]1[C@H](OC)[C@@H](C)C(=O)N[C@@H](Cc1ccccc1)C(N)=O)OC)N(C)C(=O)[C@@H](NC(=O)[C@H](C(C)C)N(C)C)[C@H](C)N=[N+]=[N-]. The number of methoxy groups -OCH3 is 2. The fourth-order valence-electron chi connectivity index (χ4n) is 7.81. The third-order valence-electron chi connectivity index (χ3n) is 10.9. The Morgan fingerprint density at radius 1 is 1.00 bits per heavy atom. The number of rotatable bonds is 22. The standard InChI is InChI=1S/C39H65N9O7/c1-12-24(4)34(47(9)39(53)32(26(6)44-45-41)43-38(52)33(23(2)3)46(7)8)30(54-10)22-31(49)48-20-16-19-29(48)35(55-11)25(5)37(51)42-28(36(40)50)21-27-17-14-13-15-18-27/h13-15,17-18,23-26,28-30,32-35H,12,16,19-22H2,1-11H3,(H2,40,50)(H,42,51)(H,43,52)/t24-,25+,26-,28-,29-,30+,32-,33-,34-,35+/m0/s1. The third kappa shape index (κ3) is 12.6. The molecule has 10 atom stereocenters. The molecule has 0 aliphatic carbocycles. The van der Waals surface area contributed by atoms with Crippen LogP contribution in [0.5, 0.6) is 0 Å². The van der Waals surface area contributed by atoms with Crippen LogP contribution in [0.3, 0.4) is 0 Å². The molecule has 1 aromatic carbocycles. The van der Waals surface area contributed by atoms with Gasteiger partial charge in [0.05, 0.1) is 48.7 Å². The van der Waals surface area contributed by atoms with Gasteiger partial charge in [-0.25, -0.2) is 0 Å². The fraction of sp³-hybridized carbons (Fsp3) is 0.718. The van der Waals surface area contributed by atoms with Gasteiger partial charge in [0.1, 0.15) is 12.1 Å². The molecule has 5 amide bonds. The largest absolute Gasteiger partial charge is 0.379 e. The first-order valence-electron chi connectivity index (χ1n) is 19.2. The summed E-state index contributed by atoms with van der Waals surface area (Å²) < 4.78 is 11.9. The van der Waals surface area contributed by atoms with Crippen molar-refractivity contribution in [3.8, 4) is 0 Å². The summed E-state index contributed by atoms with van der Waals surface area (Å²) in [5.41, 5.74) is 15.8. The van der Waals surface area contributed by atoms with Gasteiger partial charge in [-0.1, -0.05) is 83.4 Å². The fourth-order valence-corrected chi connectivity index (χ4v) is 7.81. The van der Waals surface area contributed by atoms with Crippen molar-refractivity contribution in [2.24, 2.45) is 28.6 Å². The van der Waals surface area contributed by atoms with Crippen molar-refractivity contribution in [1.29, 1.82) is 0 Å². The molecule has 0 saturated carbocycles. The van der Waals surface area contributed by atoms with Gasteiger partial charge in [-0.2, -0.15) is 0 Å². The van der Waals surface area contributed by atoms with Crippen LogP contribution >= 0.6 is 0 Å². The number of hydrogen-bond donors (Lipinski definition) is 3. The van der Waals surface area contributed by atoms with Gasteiger partial charge in [0, 0.05) is 39.1 Å². The summed E-state index contributed by atoms with van der Waals surface area (Å²) in [5.74, 6) is -3.08. The Labute approximate surface area is 326 Å². The van der Waals surface area contributed by atoms with Crippen molar-refractivity contribution in [1.82, 2.24) is 25.3 Å². The average molecular weight is 772 g/mol. The number of primary amides is 1. The van der Waals surface area contributed by atoms with E-state index in [4.69, 9.17) is 15.2 Å². The van der Waals surface area contributed by atoms with E-state index in [2.05, 4.69) is 20.7 Å². The summed E-state index contributed by atoms with van der Waals surface area (Å²) in [5, 5.41) is 9.41. The quantitative estimate of drug-likeness (QED) is 0.0904. The smallest absolute Gasteiger partial charge is 0.245 e. The van der Waals surface area contributed by atoms with E-state index in [0.717, 1.165) is 5.56 Å². The molecule has 0 radical (unpaired) electrons. The van der Waals surface area contributed by atoms with Crippen molar-refractivity contribution in [2.45, 2.75) is 122 Å². The lowest BCUT2D eigenvalue weighted by atomic mass is 9.89. The molecule has 4 N–H and O–H groups in total. The zero-order valence-electron chi connectivity index (χ0n) is 34.6. The molecular formula is C39H65N9O7. The van der Waals surface area contributed by atoms with Crippen molar-refractivity contribution in [3.63, 3.8) is 0 Å². The molecule has 308 valence electrons. The summed E-state index contributed by atoms with van der Waals surface area (Å²) in [7, 11) is 8.17. The van der Waals surface area contributed by atoms with Crippen molar-refractivity contribution < 1.29 is 33.4 Å². The van der Waals surface area contributed by atoms with E-state index in [1.165, 1.54) is 19.1 Å². The monoisotopic (exact) mass is 772 g/mol. The summed E-state index contributed by atoms with van der Waals surface area (Å²) >= 11 is 0. The van der Waals surface area contributed by atoms with E-state index in [-0.39, 0.29) is 36.5 Å². The number of azide groups is 1. The van der Waals surface area contributed by atoms with Crippen LogP contribution in [0.15, 0.2) is 35.4 Å². The number of hydrogen-bond acceptors (Lipinski definition) is 9. The van der Waals surface area contributed by atoms with Gasteiger partial charge in [0.15, 0.2) is 0 Å². The van der Waals surface area contributed by atoms with E-state index in [1.54, 1.807) is 44.8 Å². The molecule has 1 aromatic rings. The normalized spacial score (nSPS) is 19.2. The topological polar surface area (TPSA) is 212 Å². The second kappa shape index (κ2) is 22.3. The molecule has 0 unspecified atom stereocenters. The molecule has 0 spiro atoms. The van der Waals surface area contributed by atoms with Crippen LogP contribution in [0.4, 0.5) is 0 Å². The minimum absolute atomic E-state index is 0.0637. The maximum atomic E-state index is 14.3. The number of carbonyl (C=O) groups is 5. The molecule has 1 saturated heterocycles. The molecule has 0 aromatic heterocycles. The Balaban J connectivity index is 2.33. The number of likely N-dealkylation sites (N-methyl/N-ethyl adjacent to an activating group) is 2. The first-order valence-corrected chi connectivity index (χ1v) is 19.2. The van der Waals surface area contributed by atoms with Gasteiger partial charge < -0.3 is 35.6 Å². The minimum atomic E-state index is -1.17. The minimum Gasteiger partial charge on any atom is -0.379 e. The van der Waals surface area contributed by atoms with E-state index >= 15 is 0 Å². The number of benzene rings is 1. The third-order valence-corrected chi connectivity index (χ3v) is 10.9. The van der Waals surface area contributed by atoms with E-state index in [9.17, 15) is 29.5 Å². The van der Waals surface area contributed by atoms with E-state index in [1.807, 2.05) is 58.0 Å². The highest BCUT2D eigenvalue weighted by molar-refractivity contribution is 5.91. The summed E-state index contributed by atoms with van der Waals surface area (Å²) in [6, 6.07) is 4.68. The predicted octanol–water partition coefficient (Wildman–Crippen LogP) is 2.89. The second-order valence-electron chi connectivity index (χ2n) is 15.3. The maximum absolute atomic E-state index is 14.3. The zero-order valence-corrected chi connectivity index (χ0v) is 34.6. The molecule has 1 fully saturated rings. The summed E-state index contributed by atoms with van der Waals surface area (Å²) in [6.07, 6.45) is 0.669. The van der Waals surface area contributed by atoms with E-state index in [0.29, 0.717) is 25.8 Å². The molecule has 2 rings (SSSR count). The highest BCUT2D eigenvalue weighted by Gasteiger charge is 2.43. The number of amides is 5. The van der Waals surface area contributed by atoms with Crippen LogP contribution in [-0.2, 0) is 39.9 Å². The number of nitrogens with zero attached hydrogens (tertiary/aromatic N) is 6. The number of likely N-dealkylation sites (tertiary alicyclic amines) is 1. The lowest BCUT2D eigenvalue weighted by molar-refractivity contribution is -0.147.